The third kappa shape index (κ3) is 2.27. The summed E-state index contributed by atoms with van der Waals surface area (Å²) in [6, 6.07) is 6.15. The summed E-state index contributed by atoms with van der Waals surface area (Å²) < 4.78 is 0. The number of benzene rings is 1. The molecule has 0 spiro atoms. The van der Waals surface area contributed by atoms with Crippen LogP contribution in [0.4, 0.5) is 0 Å². The van der Waals surface area contributed by atoms with Gasteiger partial charge < -0.3 is 10.3 Å². The number of carbonyl (C=O) groups is 1. The molecule has 1 unspecified atom stereocenters. The third-order valence-electron chi connectivity index (χ3n) is 1.85. The SMILES string of the molecule is CC(NO)c1ccc(C(=O)O)cc1. The minimum Gasteiger partial charge on any atom is -0.478 e. The monoisotopic (exact) mass is 181 g/mol. The van der Waals surface area contributed by atoms with E-state index in [-0.39, 0.29) is 11.6 Å². The van der Waals surface area contributed by atoms with Gasteiger partial charge in [0.15, 0.2) is 0 Å². The first-order valence-electron chi connectivity index (χ1n) is 3.88. The van der Waals surface area contributed by atoms with Crippen molar-refractivity contribution < 1.29 is 15.1 Å². The zero-order valence-corrected chi connectivity index (χ0v) is 7.19. The van der Waals surface area contributed by atoms with Crippen molar-refractivity contribution in [1.29, 1.82) is 0 Å². The normalized spacial score (nSPS) is 12.5. The Bertz CT molecular complexity index is 294. The first kappa shape index (κ1) is 9.70. The van der Waals surface area contributed by atoms with Gasteiger partial charge in [-0.15, -0.1) is 0 Å². The van der Waals surface area contributed by atoms with Crippen molar-refractivity contribution in [3.05, 3.63) is 35.4 Å². The molecule has 1 rings (SSSR count). The molecule has 1 aromatic rings. The smallest absolute Gasteiger partial charge is 0.335 e. The highest BCUT2D eigenvalue weighted by Crippen LogP contribution is 2.12. The molecule has 4 heteroatoms. The van der Waals surface area contributed by atoms with Crippen LogP contribution in [0.2, 0.25) is 0 Å². The zero-order valence-electron chi connectivity index (χ0n) is 7.19. The molecule has 4 nitrogen and oxygen atoms in total. The molecule has 1 aromatic carbocycles. The Morgan fingerprint density at radius 1 is 1.38 bits per heavy atom. The highest BCUT2D eigenvalue weighted by atomic mass is 16.5. The molecule has 0 aliphatic rings. The first-order chi connectivity index (χ1) is 6.15. The van der Waals surface area contributed by atoms with Gasteiger partial charge in [-0.3, -0.25) is 0 Å². The van der Waals surface area contributed by atoms with E-state index in [0.717, 1.165) is 5.56 Å². The summed E-state index contributed by atoms with van der Waals surface area (Å²) in [4.78, 5) is 10.5. The maximum Gasteiger partial charge on any atom is 0.335 e. The number of nitrogens with one attached hydrogen (secondary N) is 1. The maximum atomic E-state index is 10.5. The summed E-state index contributed by atoms with van der Waals surface area (Å²) in [5.41, 5.74) is 3.17. The van der Waals surface area contributed by atoms with E-state index in [0.29, 0.717) is 0 Å². The van der Waals surface area contributed by atoms with Crippen LogP contribution in [-0.4, -0.2) is 16.3 Å². The standard InChI is InChI=1S/C9H11NO3/c1-6(10-13)7-2-4-8(5-3-7)9(11)12/h2-6,10,13H,1H3,(H,11,12). The first-order valence-corrected chi connectivity index (χ1v) is 3.88. The molecule has 0 aliphatic heterocycles. The largest absolute Gasteiger partial charge is 0.478 e. The molecule has 3 N–H and O–H groups in total. The van der Waals surface area contributed by atoms with Gasteiger partial charge in [0, 0.05) is 0 Å². The minimum atomic E-state index is -0.948. The molecule has 0 aromatic heterocycles. The van der Waals surface area contributed by atoms with Crippen LogP contribution in [-0.2, 0) is 0 Å². The molecule has 0 fully saturated rings. The number of carboxylic acids is 1. The summed E-state index contributed by atoms with van der Waals surface area (Å²) in [7, 11) is 0. The molecule has 0 saturated carbocycles. The van der Waals surface area contributed by atoms with E-state index in [4.69, 9.17) is 10.3 Å². The average molecular weight is 181 g/mol. The van der Waals surface area contributed by atoms with E-state index in [1.807, 2.05) is 0 Å². The predicted molar refractivity (Wildman–Crippen MR) is 46.7 cm³/mol. The van der Waals surface area contributed by atoms with Crippen molar-refractivity contribution >= 4 is 5.97 Å². The van der Waals surface area contributed by atoms with E-state index >= 15 is 0 Å². The number of hydrogen-bond acceptors (Lipinski definition) is 3. The Labute approximate surface area is 75.8 Å². The number of rotatable bonds is 3. The molecule has 1 atom stereocenters. The van der Waals surface area contributed by atoms with E-state index < -0.39 is 5.97 Å². The van der Waals surface area contributed by atoms with Crippen molar-refractivity contribution in [3.63, 3.8) is 0 Å². The second kappa shape index (κ2) is 4.02. The van der Waals surface area contributed by atoms with Crippen LogP contribution in [0.15, 0.2) is 24.3 Å². The summed E-state index contributed by atoms with van der Waals surface area (Å²) in [6.07, 6.45) is 0. The van der Waals surface area contributed by atoms with Crippen molar-refractivity contribution in [3.8, 4) is 0 Å². The fraction of sp³-hybridized carbons (Fsp3) is 0.222. The Hall–Kier alpha value is -1.39. The number of aromatic carboxylic acids is 1. The summed E-state index contributed by atoms with van der Waals surface area (Å²) in [6.45, 7) is 1.77. The lowest BCUT2D eigenvalue weighted by atomic mass is 10.1. The molecule has 70 valence electrons. The fourth-order valence-corrected chi connectivity index (χ4v) is 0.989. The Balaban J connectivity index is 2.87. The average Bonchev–Trinajstić information content (AvgIpc) is 2.17. The van der Waals surface area contributed by atoms with Crippen LogP contribution in [0.5, 0.6) is 0 Å². The van der Waals surface area contributed by atoms with Crippen LogP contribution in [0.25, 0.3) is 0 Å². The summed E-state index contributed by atoms with van der Waals surface area (Å²) in [5.74, 6) is -0.948. The van der Waals surface area contributed by atoms with Gasteiger partial charge in [-0.1, -0.05) is 12.1 Å². The topological polar surface area (TPSA) is 69.6 Å². The maximum absolute atomic E-state index is 10.5. The van der Waals surface area contributed by atoms with Gasteiger partial charge in [-0.05, 0) is 24.6 Å². The van der Waals surface area contributed by atoms with E-state index in [9.17, 15) is 4.79 Å². The number of carboxylic acid groups (broad SMARTS) is 1. The molecule has 0 saturated heterocycles. The molecule has 0 radical (unpaired) electrons. The van der Waals surface area contributed by atoms with E-state index in [2.05, 4.69) is 5.48 Å². The number of hydroxylamine groups is 1. The highest BCUT2D eigenvalue weighted by molar-refractivity contribution is 5.87. The van der Waals surface area contributed by atoms with Crippen molar-refractivity contribution in [2.24, 2.45) is 0 Å². The molecular weight excluding hydrogens is 170 g/mol. The lowest BCUT2D eigenvalue weighted by Gasteiger charge is -2.08. The number of hydrogen-bond donors (Lipinski definition) is 3. The fourth-order valence-electron chi connectivity index (χ4n) is 0.989. The van der Waals surface area contributed by atoms with Crippen molar-refractivity contribution in [2.45, 2.75) is 13.0 Å². The van der Waals surface area contributed by atoms with Crippen LogP contribution in [0, 0.1) is 0 Å². The lowest BCUT2D eigenvalue weighted by molar-refractivity contribution is 0.0697. The Morgan fingerprint density at radius 2 is 1.92 bits per heavy atom. The van der Waals surface area contributed by atoms with Gasteiger partial charge in [0.25, 0.3) is 0 Å². The Morgan fingerprint density at radius 3 is 2.31 bits per heavy atom. The summed E-state index contributed by atoms with van der Waals surface area (Å²) in [5, 5.41) is 17.2. The molecule has 0 heterocycles. The molecule has 0 aliphatic carbocycles. The lowest BCUT2D eigenvalue weighted by Crippen LogP contribution is -2.13. The highest BCUT2D eigenvalue weighted by Gasteiger charge is 2.05. The second-order valence-electron chi connectivity index (χ2n) is 2.78. The third-order valence-corrected chi connectivity index (χ3v) is 1.85. The van der Waals surface area contributed by atoms with Gasteiger partial charge in [0.05, 0.1) is 11.6 Å². The molecule has 0 bridgehead atoms. The van der Waals surface area contributed by atoms with Gasteiger partial charge in [0.1, 0.15) is 0 Å². The van der Waals surface area contributed by atoms with Gasteiger partial charge in [-0.25, -0.2) is 4.79 Å². The molecule has 0 amide bonds. The van der Waals surface area contributed by atoms with Crippen molar-refractivity contribution in [1.82, 2.24) is 5.48 Å². The second-order valence-corrected chi connectivity index (χ2v) is 2.78. The molecule has 13 heavy (non-hydrogen) atoms. The van der Waals surface area contributed by atoms with E-state index in [1.54, 1.807) is 19.1 Å². The quantitative estimate of drug-likeness (QED) is 0.617. The van der Waals surface area contributed by atoms with Crippen LogP contribution >= 0.6 is 0 Å². The van der Waals surface area contributed by atoms with Gasteiger partial charge >= 0.3 is 5.97 Å². The van der Waals surface area contributed by atoms with Crippen molar-refractivity contribution in [2.75, 3.05) is 0 Å². The zero-order chi connectivity index (χ0) is 9.84. The van der Waals surface area contributed by atoms with Crippen LogP contribution in [0.1, 0.15) is 28.9 Å². The van der Waals surface area contributed by atoms with Crippen LogP contribution in [0.3, 0.4) is 0 Å². The van der Waals surface area contributed by atoms with Crippen LogP contribution < -0.4 is 5.48 Å². The molecular formula is C9H11NO3. The predicted octanol–water partition coefficient (Wildman–Crippen LogP) is 1.42. The Kier molecular flexibility index (Phi) is 3.00. The summed E-state index contributed by atoms with van der Waals surface area (Å²) >= 11 is 0. The van der Waals surface area contributed by atoms with Gasteiger partial charge in [-0.2, -0.15) is 5.48 Å². The van der Waals surface area contributed by atoms with Gasteiger partial charge in [0.2, 0.25) is 0 Å². The van der Waals surface area contributed by atoms with E-state index in [1.165, 1.54) is 12.1 Å². The minimum absolute atomic E-state index is 0.192.